The number of esters is 1. The summed E-state index contributed by atoms with van der Waals surface area (Å²) >= 11 is 3.47. The normalized spacial score (nSPS) is 12.4. The molecular weight excluding hydrogens is 386 g/mol. The first kappa shape index (κ1) is 15.9. The molecule has 1 aliphatic heterocycles. The average Bonchev–Trinajstić information content (AvgIpc) is 3.05. The molecule has 0 saturated carbocycles. The maximum absolute atomic E-state index is 12.6. The Morgan fingerprint density at radius 2 is 1.96 bits per heavy atom. The van der Waals surface area contributed by atoms with Gasteiger partial charge in [-0.05, 0) is 31.2 Å². The van der Waals surface area contributed by atoms with Crippen LogP contribution in [0.15, 0.2) is 46.9 Å². The van der Waals surface area contributed by atoms with Gasteiger partial charge in [0.1, 0.15) is 6.61 Å². The van der Waals surface area contributed by atoms with Crippen LogP contribution in [0.3, 0.4) is 0 Å². The SMILES string of the molecule is Cc1cc(C(=O)OCc2cc3c(cc2Br)OCO3)c2ccccc2n1. The topological polar surface area (TPSA) is 57.7 Å². The van der Waals surface area contributed by atoms with Crippen LogP contribution < -0.4 is 9.47 Å². The van der Waals surface area contributed by atoms with Gasteiger partial charge >= 0.3 is 5.97 Å². The van der Waals surface area contributed by atoms with Crippen molar-refractivity contribution in [1.82, 2.24) is 4.98 Å². The number of hydrogen-bond acceptors (Lipinski definition) is 5. The van der Waals surface area contributed by atoms with Crippen molar-refractivity contribution in [3.8, 4) is 11.5 Å². The van der Waals surface area contributed by atoms with E-state index in [0.717, 1.165) is 26.6 Å². The minimum Gasteiger partial charge on any atom is -0.457 e. The second-order valence-electron chi connectivity index (χ2n) is 5.70. The van der Waals surface area contributed by atoms with Crippen LogP contribution >= 0.6 is 15.9 Å². The Hall–Kier alpha value is -2.60. The molecule has 4 rings (SSSR count). The lowest BCUT2D eigenvalue weighted by Crippen LogP contribution is -2.07. The van der Waals surface area contributed by atoms with Gasteiger partial charge in [-0.3, -0.25) is 4.98 Å². The predicted molar refractivity (Wildman–Crippen MR) is 95.9 cm³/mol. The number of carbonyl (C=O) groups is 1. The van der Waals surface area contributed by atoms with Gasteiger partial charge in [0.05, 0.1) is 11.1 Å². The zero-order chi connectivity index (χ0) is 17.4. The predicted octanol–water partition coefficient (Wildman–Crippen LogP) is 4.39. The number of halogens is 1. The number of carbonyl (C=O) groups excluding carboxylic acids is 1. The van der Waals surface area contributed by atoms with E-state index in [1.54, 1.807) is 6.07 Å². The van der Waals surface area contributed by atoms with Gasteiger partial charge in [0.2, 0.25) is 6.79 Å². The molecule has 6 heteroatoms. The lowest BCUT2D eigenvalue weighted by atomic mass is 10.1. The average molecular weight is 400 g/mol. The van der Waals surface area contributed by atoms with Crippen LogP contribution in [0.5, 0.6) is 11.5 Å². The molecular formula is C19H14BrNO4. The second kappa shape index (κ2) is 6.37. The highest BCUT2D eigenvalue weighted by molar-refractivity contribution is 9.10. The minimum atomic E-state index is -0.383. The Morgan fingerprint density at radius 1 is 1.20 bits per heavy atom. The van der Waals surface area contributed by atoms with E-state index in [1.165, 1.54) is 0 Å². The summed E-state index contributed by atoms with van der Waals surface area (Å²) in [7, 11) is 0. The van der Waals surface area contributed by atoms with Crippen molar-refractivity contribution in [2.75, 3.05) is 6.79 Å². The first-order valence-electron chi connectivity index (χ1n) is 7.73. The van der Waals surface area contributed by atoms with Crippen LogP contribution in [-0.2, 0) is 11.3 Å². The molecule has 2 aromatic carbocycles. The van der Waals surface area contributed by atoms with Crippen LogP contribution in [0.25, 0.3) is 10.9 Å². The number of pyridine rings is 1. The molecule has 0 bridgehead atoms. The first-order chi connectivity index (χ1) is 12.1. The highest BCUT2D eigenvalue weighted by Crippen LogP contribution is 2.37. The smallest absolute Gasteiger partial charge is 0.339 e. The number of hydrogen-bond donors (Lipinski definition) is 0. The largest absolute Gasteiger partial charge is 0.457 e. The van der Waals surface area contributed by atoms with Gasteiger partial charge in [-0.15, -0.1) is 0 Å². The number of aryl methyl sites for hydroxylation is 1. The van der Waals surface area contributed by atoms with Gasteiger partial charge in [0.25, 0.3) is 0 Å². The summed E-state index contributed by atoms with van der Waals surface area (Å²) in [6, 6.07) is 12.9. The number of rotatable bonds is 3. The van der Waals surface area contributed by atoms with Crippen molar-refractivity contribution >= 4 is 32.8 Å². The molecule has 5 nitrogen and oxygen atoms in total. The molecule has 0 fully saturated rings. The van der Waals surface area contributed by atoms with Crippen molar-refractivity contribution in [3.05, 3.63) is 63.8 Å². The number of ether oxygens (including phenoxy) is 3. The monoisotopic (exact) mass is 399 g/mol. The van der Waals surface area contributed by atoms with Crippen molar-refractivity contribution in [2.45, 2.75) is 13.5 Å². The molecule has 0 N–H and O–H groups in total. The van der Waals surface area contributed by atoms with Crippen molar-refractivity contribution < 1.29 is 19.0 Å². The van der Waals surface area contributed by atoms with Crippen molar-refractivity contribution in [2.24, 2.45) is 0 Å². The first-order valence-corrected chi connectivity index (χ1v) is 8.52. The summed E-state index contributed by atoms with van der Waals surface area (Å²) in [4.78, 5) is 17.1. The molecule has 1 aromatic heterocycles. The highest BCUT2D eigenvalue weighted by Gasteiger charge is 2.18. The van der Waals surface area contributed by atoms with Gasteiger partial charge in [0, 0.05) is 21.1 Å². The maximum Gasteiger partial charge on any atom is 0.339 e. The number of fused-ring (bicyclic) bond motifs is 2. The van der Waals surface area contributed by atoms with Crippen molar-refractivity contribution in [1.29, 1.82) is 0 Å². The molecule has 0 spiro atoms. The second-order valence-corrected chi connectivity index (χ2v) is 6.56. The van der Waals surface area contributed by atoms with Crippen LogP contribution in [-0.4, -0.2) is 17.7 Å². The Morgan fingerprint density at radius 3 is 2.80 bits per heavy atom. The molecule has 3 aromatic rings. The summed E-state index contributed by atoms with van der Waals surface area (Å²) < 4.78 is 17.0. The van der Waals surface area contributed by atoms with Gasteiger partial charge < -0.3 is 14.2 Å². The van der Waals surface area contributed by atoms with E-state index in [2.05, 4.69) is 20.9 Å². The number of aromatic nitrogens is 1. The number of para-hydroxylation sites is 1. The summed E-state index contributed by atoms with van der Waals surface area (Å²) in [5.74, 6) is 0.948. The molecule has 0 saturated heterocycles. The van der Waals surface area contributed by atoms with Crippen LogP contribution in [0, 0.1) is 6.92 Å². The lowest BCUT2D eigenvalue weighted by Gasteiger charge is -2.10. The molecule has 0 unspecified atom stereocenters. The Kier molecular flexibility index (Phi) is 4.05. The van der Waals surface area contributed by atoms with E-state index in [4.69, 9.17) is 14.2 Å². The fourth-order valence-electron chi connectivity index (χ4n) is 2.77. The van der Waals surface area contributed by atoms with Gasteiger partial charge in [-0.2, -0.15) is 0 Å². The molecule has 0 atom stereocenters. The molecule has 0 amide bonds. The molecule has 126 valence electrons. The third-order valence-electron chi connectivity index (χ3n) is 3.96. The third kappa shape index (κ3) is 3.05. The van der Waals surface area contributed by atoms with Crippen LogP contribution in [0.2, 0.25) is 0 Å². The quantitative estimate of drug-likeness (QED) is 0.611. The third-order valence-corrected chi connectivity index (χ3v) is 4.70. The van der Waals surface area contributed by atoms with Crippen LogP contribution in [0.4, 0.5) is 0 Å². The van der Waals surface area contributed by atoms with E-state index in [1.807, 2.05) is 43.3 Å². The van der Waals surface area contributed by atoms with E-state index >= 15 is 0 Å². The van der Waals surface area contributed by atoms with E-state index in [9.17, 15) is 4.79 Å². The number of nitrogens with zero attached hydrogens (tertiary/aromatic N) is 1. The van der Waals surface area contributed by atoms with Gasteiger partial charge in [-0.1, -0.05) is 34.1 Å². The summed E-state index contributed by atoms with van der Waals surface area (Å²) in [5.41, 5.74) is 2.88. The van der Waals surface area contributed by atoms with Gasteiger partial charge in [0.15, 0.2) is 11.5 Å². The Balaban J connectivity index is 1.59. The lowest BCUT2D eigenvalue weighted by molar-refractivity contribution is 0.0474. The highest BCUT2D eigenvalue weighted by atomic mass is 79.9. The van der Waals surface area contributed by atoms with E-state index in [0.29, 0.717) is 17.1 Å². The maximum atomic E-state index is 12.6. The summed E-state index contributed by atoms with van der Waals surface area (Å²) in [6.45, 7) is 2.19. The molecule has 1 aliphatic rings. The number of benzene rings is 2. The molecule has 0 aliphatic carbocycles. The summed E-state index contributed by atoms with van der Waals surface area (Å²) in [5, 5.41) is 0.780. The molecule has 0 radical (unpaired) electrons. The zero-order valence-electron chi connectivity index (χ0n) is 13.4. The van der Waals surface area contributed by atoms with E-state index in [-0.39, 0.29) is 19.4 Å². The standard InChI is InChI=1S/C19H14BrNO4/c1-11-6-14(13-4-2-3-5-16(13)21-11)19(22)23-9-12-7-17-18(8-15(12)20)25-10-24-17/h2-8H,9-10H2,1H3. The van der Waals surface area contributed by atoms with E-state index < -0.39 is 0 Å². The van der Waals surface area contributed by atoms with Crippen LogP contribution in [0.1, 0.15) is 21.6 Å². The molecule has 2 heterocycles. The zero-order valence-corrected chi connectivity index (χ0v) is 15.0. The fraction of sp³-hybridized carbons (Fsp3) is 0.158. The van der Waals surface area contributed by atoms with Crippen molar-refractivity contribution in [3.63, 3.8) is 0 Å². The minimum absolute atomic E-state index is 0.131. The Bertz CT molecular complexity index is 987. The fourth-order valence-corrected chi connectivity index (χ4v) is 3.20. The Labute approximate surface area is 152 Å². The summed E-state index contributed by atoms with van der Waals surface area (Å²) in [6.07, 6.45) is 0. The molecule has 25 heavy (non-hydrogen) atoms. The van der Waals surface area contributed by atoms with Gasteiger partial charge in [-0.25, -0.2) is 4.79 Å².